The molecule has 22 rings (SSSR count). The van der Waals surface area contributed by atoms with Crippen LogP contribution in [0.25, 0.3) is 199 Å². The van der Waals surface area contributed by atoms with E-state index in [9.17, 15) is 0 Å². The van der Waals surface area contributed by atoms with Crippen LogP contribution in [0.3, 0.4) is 0 Å². The number of fused-ring (bicyclic) bond motifs is 18. The van der Waals surface area contributed by atoms with E-state index in [0.29, 0.717) is 11.6 Å². The van der Waals surface area contributed by atoms with E-state index < -0.39 is 0 Å². The molecule has 0 spiro atoms. The van der Waals surface area contributed by atoms with E-state index in [0.717, 1.165) is 166 Å². The lowest BCUT2D eigenvalue weighted by Gasteiger charge is -2.14. The minimum absolute atomic E-state index is 0.617. The van der Waals surface area contributed by atoms with Crippen LogP contribution >= 0.6 is 0 Å². The fourth-order valence-electron chi connectivity index (χ4n) is 16.8. The van der Waals surface area contributed by atoms with E-state index in [1.54, 1.807) is 0 Å². The Kier molecular flexibility index (Phi) is 12.0. The summed E-state index contributed by atoms with van der Waals surface area (Å²) in [7, 11) is 0. The summed E-state index contributed by atoms with van der Waals surface area (Å²) in [4.78, 5) is 23.1. The molecule has 22 aromatic rings. The lowest BCUT2D eigenvalue weighted by molar-refractivity contribution is 1.05. The summed E-state index contributed by atoms with van der Waals surface area (Å²) in [5.41, 5.74) is 20.5. The van der Waals surface area contributed by atoms with Gasteiger partial charge in [0.25, 0.3) is 0 Å². The number of hydrogen-bond donors (Lipinski definition) is 0. The average molecular weight is 1300 g/mol. The van der Waals surface area contributed by atoms with Gasteiger partial charge < -0.3 is 9.13 Å². The van der Waals surface area contributed by atoms with E-state index in [4.69, 9.17) is 19.9 Å². The van der Waals surface area contributed by atoms with Crippen molar-refractivity contribution >= 4 is 131 Å². The second kappa shape index (κ2) is 21.8. The molecule has 0 radical (unpaired) electrons. The van der Waals surface area contributed by atoms with Gasteiger partial charge in [-0.15, -0.1) is 0 Å². The van der Waals surface area contributed by atoms with Gasteiger partial charge in [-0.2, -0.15) is 0 Å². The highest BCUT2D eigenvalue weighted by atomic mass is 15.2. The molecule has 0 unspecified atom stereocenters. The minimum atomic E-state index is 0.617. The molecule has 0 aliphatic rings. The minimum Gasteiger partial charge on any atom is -0.309 e. The highest BCUT2D eigenvalue weighted by Crippen LogP contribution is 2.48. The zero-order chi connectivity index (χ0) is 66.7. The fourth-order valence-corrected chi connectivity index (χ4v) is 16.8. The topological polar surface area (TPSA) is 81.1 Å². The van der Waals surface area contributed by atoms with Crippen LogP contribution in [-0.4, -0.2) is 47.3 Å². The van der Waals surface area contributed by atoms with E-state index in [2.05, 4.69) is 367 Å². The van der Waals surface area contributed by atoms with Crippen molar-refractivity contribution in [1.29, 1.82) is 0 Å². The van der Waals surface area contributed by atoms with E-state index in [-0.39, 0.29) is 0 Å². The van der Waals surface area contributed by atoms with Gasteiger partial charge in [-0.3, -0.25) is 18.3 Å². The third-order valence-corrected chi connectivity index (χ3v) is 21.0. The standard InChI is InChI=1S/C92H56N10/c1-3-27-59(28-4-1)99-81-50-22-14-39-72(81)84-89(99)95-88(96-91(84)101-76-45-17-9-34-65(76)66-35-10-18-46-77(66)101)58-26-23-31-62(56-58)98-80-49-21-13-38-71(80)83-69(40-25-51-82(83)98)70-41-24-42-73-85-90(100(86(70)73)60-29-5-2-6-30-60)93-87(94-92(85)102-78-47-19-11-36-67(78)68-37-12-20-48-79(68)102)57-52-54-61(55-53-57)97-74-43-15-7-32-63(74)64-33-8-16-44-75(64)97/h1-56H. The molecule has 0 saturated heterocycles. The number of hydrogen-bond acceptors (Lipinski definition) is 4. The Morgan fingerprint density at radius 3 is 1.04 bits per heavy atom. The van der Waals surface area contributed by atoms with Crippen LogP contribution in [0.2, 0.25) is 0 Å². The van der Waals surface area contributed by atoms with Gasteiger partial charge in [0.2, 0.25) is 0 Å². The average Bonchev–Trinajstić information content (AvgIpc) is 1.56. The maximum Gasteiger partial charge on any atom is 0.164 e. The molecule has 474 valence electrons. The Morgan fingerprint density at radius 1 is 0.186 bits per heavy atom. The zero-order valence-electron chi connectivity index (χ0n) is 54.8. The van der Waals surface area contributed by atoms with E-state index in [1.165, 1.54) is 21.5 Å². The third kappa shape index (κ3) is 8.05. The van der Waals surface area contributed by atoms with E-state index >= 15 is 0 Å². The molecule has 102 heavy (non-hydrogen) atoms. The van der Waals surface area contributed by atoms with Gasteiger partial charge in [-0.25, -0.2) is 19.9 Å². The summed E-state index contributed by atoms with van der Waals surface area (Å²) in [6.07, 6.45) is 0. The largest absolute Gasteiger partial charge is 0.309 e. The molecular weight excluding hydrogens is 1250 g/mol. The molecule has 8 aromatic heterocycles. The molecule has 8 heterocycles. The molecule has 10 nitrogen and oxygen atoms in total. The van der Waals surface area contributed by atoms with Gasteiger partial charge >= 0.3 is 0 Å². The predicted molar refractivity (Wildman–Crippen MR) is 420 cm³/mol. The van der Waals surface area contributed by atoms with Crippen molar-refractivity contribution in [1.82, 2.24) is 47.3 Å². The monoisotopic (exact) mass is 1300 g/mol. The first-order valence-corrected chi connectivity index (χ1v) is 34.6. The van der Waals surface area contributed by atoms with Crippen LogP contribution in [0.1, 0.15) is 0 Å². The summed E-state index contributed by atoms with van der Waals surface area (Å²) in [6.45, 7) is 0. The molecule has 0 fully saturated rings. The Labute approximate surface area is 583 Å². The molecule has 0 aliphatic carbocycles. The van der Waals surface area contributed by atoms with Crippen LogP contribution in [0.15, 0.2) is 340 Å². The maximum absolute atomic E-state index is 5.82. The summed E-state index contributed by atoms with van der Waals surface area (Å²) in [5, 5.41) is 13.4. The molecule has 0 atom stereocenters. The zero-order valence-corrected chi connectivity index (χ0v) is 54.8. The lowest BCUT2D eigenvalue weighted by atomic mass is 9.97. The number of nitrogens with zero attached hydrogens (tertiary/aromatic N) is 10. The number of aromatic nitrogens is 10. The summed E-state index contributed by atoms with van der Waals surface area (Å²) in [5.74, 6) is 2.86. The molecular formula is C92H56N10. The van der Waals surface area contributed by atoms with Crippen LogP contribution in [0, 0.1) is 0 Å². The third-order valence-electron chi connectivity index (χ3n) is 21.0. The normalized spacial score (nSPS) is 12.1. The van der Waals surface area contributed by atoms with Crippen molar-refractivity contribution in [2.24, 2.45) is 0 Å². The van der Waals surface area contributed by atoms with Gasteiger partial charge in [0.05, 0.1) is 65.9 Å². The number of benzene rings is 14. The SMILES string of the molecule is c1ccc(-n2c3ccccc3c3c(-n4c5ccccc5c5ccccc54)nc(-c4cccc(-n5c6ccccc6c6c(-c7cccc8c9c(-n%10c%11ccccc%11c%11ccccc%11%10)nc(-c%10ccc(-n%11c%12ccccc%12c%12ccccc%12%11)cc%10)nc9n(-c9ccccc9)c78)cccc65)c4)nc32)cc1. The molecule has 0 amide bonds. The van der Waals surface area contributed by atoms with Crippen molar-refractivity contribution in [3.63, 3.8) is 0 Å². The predicted octanol–water partition coefficient (Wildman–Crippen LogP) is 22.9. The first-order valence-electron chi connectivity index (χ1n) is 34.6. The van der Waals surface area contributed by atoms with Crippen LogP contribution in [0.4, 0.5) is 0 Å². The Morgan fingerprint density at radius 2 is 0.520 bits per heavy atom. The van der Waals surface area contributed by atoms with Gasteiger partial charge in [-0.1, -0.05) is 224 Å². The number of rotatable bonds is 9. The molecule has 10 heteroatoms. The Hall–Kier alpha value is -14.0. The molecule has 0 bridgehead atoms. The molecule has 14 aromatic carbocycles. The van der Waals surface area contributed by atoms with Crippen molar-refractivity contribution in [3.8, 4) is 68.3 Å². The van der Waals surface area contributed by atoms with Crippen LogP contribution < -0.4 is 0 Å². The number of para-hydroxylation sites is 11. The summed E-state index contributed by atoms with van der Waals surface area (Å²) < 4.78 is 14.2. The summed E-state index contributed by atoms with van der Waals surface area (Å²) >= 11 is 0. The Balaban J connectivity index is 0.775. The maximum atomic E-state index is 5.82. The first kappa shape index (κ1) is 56.1. The van der Waals surface area contributed by atoms with Crippen molar-refractivity contribution in [3.05, 3.63) is 340 Å². The van der Waals surface area contributed by atoms with Crippen LogP contribution in [-0.2, 0) is 0 Å². The molecule has 0 aliphatic heterocycles. The van der Waals surface area contributed by atoms with Gasteiger partial charge in [-0.05, 0) is 121 Å². The van der Waals surface area contributed by atoms with Crippen molar-refractivity contribution < 1.29 is 0 Å². The first-order chi connectivity index (χ1) is 50.7. The van der Waals surface area contributed by atoms with E-state index in [1.807, 2.05) is 0 Å². The smallest absolute Gasteiger partial charge is 0.164 e. The summed E-state index contributed by atoms with van der Waals surface area (Å²) in [6, 6.07) is 122. The molecule has 0 saturated carbocycles. The second-order valence-corrected chi connectivity index (χ2v) is 26.5. The van der Waals surface area contributed by atoms with Gasteiger partial charge in [0.1, 0.15) is 0 Å². The van der Waals surface area contributed by atoms with Gasteiger partial charge in [0.15, 0.2) is 34.6 Å². The molecule has 0 N–H and O–H groups in total. The lowest BCUT2D eigenvalue weighted by Crippen LogP contribution is -2.04. The van der Waals surface area contributed by atoms with Gasteiger partial charge in [0, 0.05) is 93.3 Å². The Bertz CT molecular complexity index is 7090. The highest BCUT2D eigenvalue weighted by Gasteiger charge is 2.29. The highest BCUT2D eigenvalue weighted by molar-refractivity contribution is 6.23. The fraction of sp³-hybridized carbons (Fsp3) is 0. The van der Waals surface area contributed by atoms with Crippen molar-refractivity contribution in [2.45, 2.75) is 0 Å². The van der Waals surface area contributed by atoms with Crippen molar-refractivity contribution in [2.75, 3.05) is 0 Å². The van der Waals surface area contributed by atoms with Crippen LogP contribution in [0.5, 0.6) is 0 Å². The second-order valence-electron chi connectivity index (χ2n) is 26.5. The quantitative estimate of drug-likeness (QED) is 0.144.